The van der Waals surface area contributed by atoms with E-state index in [9.17, 15) is 22.4 Å². The molecule has 11 heteroatoms. The lowest BCUT2D eigenvalue weighted by atomic mass is 10.2. The van der Waals surface area contributed by atoms with Gasteiger partial charge in [0.1, 0.15) is 23.3 Å². The smallest absolute Gasteiger partial charge is 0.412 e. The van der Waals surface area contributed by atoms with E-state index < -0.39 is 33.6 Å². The van der Waals surface area contributed by atoms with Crippen LogP contribution in [0, 0.1) is 12.7 Å². The van der Waals surface area contributed by atoms with E-state index >= 15 is 0 Å². The Morgan fingerprint density at radius 2 is 1.91 bits per heavy atom. The van der Waals surface area contributed by atoms with Gasteiger partial charge in [0, 0.05) is 12.6 Å². The van der Waals surface area contributed by atoms with Crippen LogP contribution < -0.4 is 19.7 Å². The molecule has 1 heterocycles. The van der Waals surface area contributed by atoms with Gasteiger partial charge in [-0.25, -0.2) is 17.6 Å². The fourth-order valence-electron chi connectivity index (χ4n) is 3.31. The van der Waals surface area contributed by atoms with E-state index in [1.807, 2.05) is 0 Å². The summed E-state index contributed by atoms with van der Waals surface area (Å²) in [6.07, 6.45) is -1.37. The normalized spacial score (nSPS) is 15.7. The maximum absolute atomic E-state index is 13.8. The number of anilines is 2. The van der Waals surface area contributed by atoms with Gasteiger partial charge in [-0.05, 0) is 69.7 Å². The molecule has 2 aromatic carbocycles. The lowest BCUT2D eigenvalue weighted by Gasteiger charge is -2.36. The first kappa shape index (κ1) is 25.3. The van der Waals surface area contributed by atoms with Crippen LogP contribution in [0.25, 0.3) is 0 Å². The van der Waals surface area contributed by atoms with Crippen molar-refractivity contribution in [2.75, 3.05) is 22.7 Å². The molecule has 0 radical (unpaired) electrons. The molecule has 2 N–H and O–H groups in total. The molecular weight excluding hydrogens is 465 g/mol. The Hall–Kier alpha value is -3.34. The molecular formula is C23H28FN3O6S. The Labute approximate surface area is 198 Å². The molecule has 2 aromatic rings. The second kappa shape index (κ2) is 9.49. The van der Waals surface area contributed by atoms with Gasteiger partial charge >= 0.3 is 6.09 Å². The monoisotopic (exact) mass is 493 g/mol. The Balaban J connectivity index is 2.00. The average molecular weight is 494 g/mol. The maximum Gasteiger partial charge on any atom is 0.412 e. The minimum atomic E-state index is -4.13. The van der Waals surface area contributed by atoms with E-state index in [1.54, 1.807) is 26.8 Å². The van der Waals surface area contributed by atoms with Crippen molar-refractivity contribution in [1.82, 2.24) is 5.32 Å². The van der Waals surface area contributed by atoms with Crippen molar-refractivity contribution < 1.29 is 31.9 Å². The molecule has 0 unspecified atom stereocenters. The molecule has 9 nitrogen and oxygen atoms in total. The SMILES string of the molecule is CC(=O)NC[C@H]1CN(S(=O)(=O)c2ccc(F)c(C)c2)c2cc(NC(=O)OC(C)(C)C)ccc2O1. The molecule has 1 atom stereocenters. The molecule has 0 bridgehead atoms. The van der Waals surface area contributed by atoms with Crippen LogP contribution in [0.1, 0.15) is 33.3 Å². The molecule has 0 saturated heterocycles. The first-order chi connectivity index (χ1) is 15.8. The highest BCUT2D eigenvalue weighted by Gasteiger charge is 2.35. The molecule has 34 heavy (non-hydrogen) atoms. The number of nitrogens with zero attached hydrogens (tertiary/aromatic N) is 1. The molecule has 1 aliphatic rings. The quantitative estimate of drug-likeness (QED) is 0.658. The first-order valence-electron chi connectivity index (χ1n) is 10.6. The third-order valence-electron chi connectivity index (χ3n) is 4.83. The summed E-state index contributed by atoms with van der Waals surface area (Å²) in [5.74, 6) is -0.553. The number of amides is 2. The standard InChI is InChI=1S/C23H28FN3O6S/c1-14-10-18(7-8-19(14)24)34(30,31)27-13-17(12-25-15(2)28)32-21-9-6-16(11-20(21)27)26-22(29)33-23(3,4)5/h6-11,17H,12-13H2,1-5H3,(H,25,28)(H,26,29)/t17-/m0/s1. The Bertz CT molecular complexity index is 1210. The lowest BCUT2D eigenvalue weighted by molar-refractivity contribution is -0.119. The van der Waals surface area contributed by atoms with Crippen LogP contribution in [-0.4, -0.2) is 45.2 Å². The number of benzene rings is 2. The molecule has 1 aliphatic heterocycles. The highest BCUT2D eigenvalue weighted by molar-refractivity contribution is 7.92. The predicted molar refractivity (Wildman–Crippen MR) is 125 cm³/mol. The zero-order chi connectivity index (χ0) is 25.3. The van der Waals surface area contributed by atoms with Gasteiger partial charge in [0.15, 0.2) is 0 Å². The van der Waals surface area contributed by atoms with Crippen molar-refractivity contribution in [2.24, 2.45) is 0 Å². The highest BCUT2D eigenvalue weighted by atomic mass is 32.2. The number of ether oxygens (including phenoxy) is 2. The Morgan fingerprint density at radius 1 is 1.21 bits per heavy atom. The highest BCUT2D eigenvalue weighted by Crippen LogP contribution is 2.39. The summed E-state index contributed by atoms with van der Waals surface area (Å²) in [4.78, 5) is 23.5. The summed E-state index contributed by atoms with van der Waals surface area (Å²) in [6.45, 7) is 7.97. The summed E-state index contributed by atoms with van der Waals surface area (Å²) in [7, 11) is -4.13. The Kier molecular flexibility index (Phi) is 7.06. The van der Waals surface area contributed by atoms with E-state index in [2.05, 4.69) is 10.6 Å². The number of hydrogen-bond donors (Lipinski definition) is 2. The number of fused-ring (bicyclic) bond motifs is 1. The molecule has 184 valence electrons. The van der Waals surface area contributed by atoms with Crippen molar-refractivity contribution in [2.45, 2.75) is 51.2 Å². The molecule has 0 saturated carbocycles. The van der Waals surface area contributed by atoms with Crippen LogP contribution in [0.3, 0.4) is 0 Å². The number of carbonyl (C=O) groups excluding carboxylic acids is 2. The van der Waals surface area contributed by atoms with Gasteiger partial charge in [0.2, 0.25) is 5.91 Å². The van der Waals surface area contributed by atoms with Crippen molar-refractivity contribution in [3.8, 4) is 5.75 Å². The van der Waals surface area contributed by atoms with E-state index in [4.69, 9.17) is 9.47 Å². The molecule has 0 spiro atoms. The van der Waals surface area contributed by atoms with E-state index in [0.29, 0.717) is 5.69 Å². The molecule has 0 fully saturated rings. The van der Waals surface area contributed by atoms with Crippen molar-refractivity contribution in [3.05, 3.63) is 47.8 Å². The largest absolute Gasteiger partial charge is 0.484 e. The van der Waals surface area contributed by atoms with Crippen LogP contribution in [0.5, 0.6) is 5.75 Å². The van der Waals surface area contributed by atoms with Gasteiger partial charge in [-0.1, -0.05) is 0 Å². The molecule has 2 amide bonds. The summed E-state index contributed by atoms with van der Waals surface area (Å²) in [6, 6.07) is 8.08. The number of sulfonamides is 1. The predicted octanol–water partition coefficient (Wildman–Crippen LogP) is 3.57. The van der Waals surface area contributed by atoms with Gasteiger partial charge in [0.25, 0.3) is 10.0 Å². The van der Waals surface area contributed by atoms with Crippen molar-refractivity contribution in [1.29, 1.82) is 0 Å². The molecule has 0 aliphatic carbocycles. The fraction of sp³-hybridized carbons (Fsp3) is 0.391. The third kappa shape index (κ3) is 5.96. The van der Waals surface area contributed by atoms with Crippen LogP contribution >= 0.6 is 0 Å². The summed E-state index contributed by atoms with van der Waals surface area (Å²) in [5.41, 5.74) is -0.0413. The number of halogens is 1. The number of hydrogen-bond acceptors (Lipinski definition) is 6. The molecule has 0 aromatic heterocycles. The van der Waals surface area contributed by atoms with Crippen LogP contribution in [-0.2, 0) is 19.6 Å². The van der Waals surface area contributed by atoms with Crippen molar-refractivity contribution >= 4 is 33.4 Å². The zero-order valence-corrected chi connectivity index (χ0v) is 20.5. The first-order valence-corrected chi connectivity index (χ1v) is 12.0. The van der Waals surface area contributed by atoms with E-state index in [0.717, 1.165) is 10.4 Å². The summed E-state index contributed by atoms with van der Waals surface area (Å²) >= 11 is 0. The van der Waals surface area contributed by atoms with Crippen LogP contribution in [0.15, 0.2) is 41.3 Å². The second-order valence-electron chi connectivity index (χ2n) is 8.93. The topological polar surface area (TPSA) is 114 Å². The summed E-state index contributed by atoms with van der Waals surface area (Å²) in [5, 5.41) is 5.21. The van der Waals surface area contributed by atoms with Crippen molar-refractivity contribution in [3.63, 3.8) is 0 Å². The van der Waals surface area contributed by atoms with E-state index in [-0.39, 0.29) is 40.9 Å². The van der Waals surface area contributed by atoms with E-state index in [1.165, 1.54) is 38.1 Å². The molecule has 3 rings (SSSR count). The number of nitrogens with one attached hydrogen (secondary N) is 2. The number of aryl methyl sites for hydroxylation is 1. The maximum atomic E-state index is 13.8. The lowest BCUT2D eigenvalue weighted by Crippen LogP contribution is -2.48. The van der Waals surface area contributed by atoms with Crippen LogP contribution in [0.2, 0.25) is 0 Å². The third-order valence-corrected chi connectivity index (χ3v) is 6.61. The minimum Gasteiger partial charge on any atom is -0.484 e. The van der Waals surface area contributed by atoms with Gasteiger partial charge < -0.3 is 14.8 Å². The number of rotatable bonds is 5. The summed E-state index contributed by atoms with van der Waals surface area (Å²) < 4.78 is 53.2. The second-order valence-corrected chi connectivity index (χ2v) is 10.8. The fourth-order valence-corrected chi connectivity index (χ4v) is 4.89. The minimum absolute atomic E-state index is 0.0845. The Morgan fingerprint density at radius 3 is 2.53 bits per heavy atom. The number of carbonyl (C=O) groups is 2. The van der Waals surface area contributed by atoms with Gasteiger partial charge in [-0.15, -0.1) is 0 Å². The van der Waals surface area contributed by atoms with Gasteiger partial charge in [-0.3, -0.25) is 14.4 Å². The van der Waals surface area contributed by atoms with Gasteiger partial charge in [0.05, 0.1) is 23.7 Å². The average Bonchev–Trinajstić information content (AvgIpc) is 2.72. The zero-order valence-electron chi connectivity index (χ0n) is 19.6. The van der Waals surface area contributed by atoms with Crippen LogP contribution in [0.4, 0.5) is 20.6 Å². The van der Waals surface area contributed by atoms with Gasteiger partial charge in [-0.2, -0.15) is 0 Å².